The molecular weight excluding hydrogens is 412 g/mol. The minimum absolute atomic E-state index is 0.0112. The molecule has 0 bridgehead atoms. The van der Waals surface area contributed by atoms with Gasteiger partial charge in [-0.15, -0.1) is 0 Å². The van der Waals surface area contributed by atoms with Gasteiger partial charge in [0.05, 0.1) is 10.5 Å². The Balaban J connectivity index is 1.75. The Bertz CT molecular complexity index is 1380. The van der Waals surface area contributed by atoms with Gasteiger partial charge in [-0.2, -0.15) is 0 Å². The van der Waals surface area contributed by atoms with Crippen molar-refractivity contribution in [2.24, 2.45) is 0 Å². The van der Waals surface area contributed by atoms with Crippen LogP contribution in [0.3, 0.4) is 0 Å². The van der Waals surface area contributed by atoms with Crippen molar-refractivity contribution in [1.29, 1.82) is 0 Å². The molecule has 0 radical (unpaired) electrons. The normalized spacial score (nSPS) is 11.6. The maximum atomic E-state index is 13.2. The SMILES string of the molecule is O=C(O[C@H](C(=O)c1ccccc1)c1ccc([N+](=O)[O-])cc1)c1cc(=O)[nH]c2ccccc12. The topological polar surface area (TPSA) is 119 Å². The van der Waals surface area contributed by atoms with Gasteiger partial charge in [-0.25, -0.2) is 4.79 Å². The summed E-state index contributed by atoms with van der Waals surface area (Å²) in [6.45, 7) is 0. The monoisotopic (exact) mass is 428 g/mol. The van der Waals surface area contributed by atoms with Gasteiger partial charge in [0, 0.05) is 40.2 Å². The average Bonchev–Trinajstić information content (AvgIpc) is 2.82. The summed E-state index contributed by atoms with van der Waals surface area (Å²) in [5.74, 6) is -1.36. The van der Waals surface area contributed by atoms with E-state index in [4.69, 9.17) is 4.74 Å². The largest absolute Gasteiger partial charge is 0.445 e. The van der Waals surface area contributed by atoms with Crippen LogP contribution < -0.4 is 5.56 Å². The number of nitro groups is 1. The Hall–Kier alpha value is -4.59. The van der Waals surface area contributed by atoms with Gasteiger partial charge in [0.25, 0.3) is 5.69 Å². The number of H-pyrrole nitrogens is 1. The summed E-state index contributed by atoms with van der Waals surface area (Å²) in [6, 6.07) is 21.3. The Labute approximate surface area is 181 Å². The summed E-state index contributed by atoms with van der Waals surface area (Å²) in [5, 5.41) is 11.4. The molecule has 0 spiro atoms. The number of esters is 1. The standard InChI is InChI=1S/C24H16N2O6/c27-21-14-19(18-8-4-5-9-20(18)25-21)24(29)32-23(22(28)15-6-2-1-3-7-15)16-10-12-17(13-11-16)26(30)31/h1-14,23H,(H,25,27)/t23-/m0/s1. The number of rotatable bonds is 6. The van der Waals surface area contributed by atoms with E-state index in [9.17, 15) is 24.5 Å². The summed E-state index contributed by atoms with van der Waals surface area (Å²) in [6.07, 6.45) is -1.36. The van der Waals surface area contributed by atoms with E-state index in [0.29, 0.717) is 16.5 Å². The lowest BCUT2D eigenvalue weighted by Crippen LogP contribution is -2.21. The molecule has 4 aromatic rings. The van der Waals surface area contributed by atoms with Crippen molar-refractivity contribution >= 4 is 28.3 Å². The average molecular weight is 428 g/mol. The van der Waals surface area contributed by atoms with Crippen molar-refractivity contribution in [3.63, 3.8) is 0 Å². The van der Waals surface area contributed by atoms with Gasteiger partial charge in [0.2, 0.25) is 11.3 Å². The van der Waals surface area contributed by atoms with Crippen LogP contribution in [0.5, 0.6) is 0 Å². The van der Waals surface area contributed by atoms with Crippen LogP contribution in [0.1, 0.15) is 32.4 Å². The van der Waals surface area contributed by atoms with E-state index >= 15 is 0 Å². The second-order valence-corrected chi connectivity index (χ2v) is 6.96. The smallest absolute Gasteiger partial charge is 0.340 e. The van der Waals surface area contributed by atoms with Crippen molar-refractivity contribution in [1.82, 2.24) is 4.98 Å². The molecule has 0 fully saturated rings. The molecule has 0 aliphatic heterocycles. The molecule has 8 nitrogen and oxygen atoms in total. The molecule has 32 heavy (non-hydrogen) atoms. The molecule has 8 heteroatoms. The van der Waals surface area contributed by atoms with Gasteiger partial charge in [-0.3, -0.25) is 19.7 Å². The van der Waals surface area contributed by atoms with E-state index in [1.54, 1.807) is 54.6 Å². The van der Waals surface area contributed by atoms with Crippen LogP contribution in [0.25, 0.3) is 10.9 Å². The van der Waals surface area contributed by atoms with Gasteiger partial charge >= 0.3 is 5.97 Å². The molecule has 4 rings (SSSR count). The van der Waals surface area contributed by atoms with Crippen LogP contribution >= 0.6 is 0 Å². The lowest BCUT2D eigenvalue weighted by molar-refractivity contribution is -0.384. The lowest BCUT2D eigenvalue weighted by Gasteiger charge is -2.18. The number of Topliss-reactive ketones (excluding diaryl/α,β-unsaturated/α-hetero) is 1. The molecule has 1 aromatic heterocycles. The van der Waals surface area contributed by atoms with E-state index in [1.165, 1.54) is 24.3 Å². The molecular formula is C24H16N2O6. The summed E-state index contributed by atoms with van der Waals surface area (Å²) in [4.78, 5) is 51.3. The number of carbonyl (C=O) groups excluding carboxylic acids is 2. The Morgan fingerprint density at radius 2 is 1.56 bits per heavy atom. The number of aromatic amines is 1. The molecule has 0 saturated carbocycles. The number of hydrogen-bond acceptors (Lipinski definition) is 6. The van der Waals surface area contributed by atoms with Gasteiger partial charge < -0.3 is 9.72 Å². The number of aromatic nitrogens is 1. The number of ketones is 1. The van der Waals surface area contributed by atoms with E-state index in [-0.39, 0.29) is 16.8 Å². The highest BCUT2D eigenvalue weighted by atomic mass is 16.6. The minimum atomic E-state index is -1.36. The zero-order chi connectivity index (χ0) is 22.7. The first kappa shape index (κ1) is 20.7. The number of hydrogen-bond donors (Lipinski definition) is 1. The van der Waals surface area contributed by atoms with Gasteiger partial charge in [-0.1, -0.05) is 48.5 Å². The second kappa shape index (κ2) is 8.65. The van der Waals surface area contributed by atoms with Crippen molar-refractivity contribution in [2.75, 3.05) is 0 Å². The van der Waals surface area contributed by atoms with E-state index in [2.05, 4.69) is 4.98 Å². The van der Waals surface area contributed by atoms with Crippen LogP contribution in [0.4, 0.5) is 5.69 Å². The van der Waals surface area contributed by atoms with E-state index in [0.717, 1.165) is 6.07 Å². The Morgan fingerprint density at radius 1 is 0.906 bits per heavy atom. The maximum Gasteiger partial charge on any atom is 0.340 e. The minimum Gasteiger partial charge on any atom is -0.445 e. The molecule has 3 aromatic carbocycles. The number of nitrogens with one attached hydrogen (secondary N) is 1. The number of ether oxygens (including phenoxy) is 1. The first-order chi connectivity index (χ1) is 15.4. The Morgan fingerprint density at radius 3 is 2.25 bits per heavy atom. The number of non-ortho nitro benzene ring substituents is 1. The van der Waals surface area contributed by atoms with Crippen LogP contribution in [0.15, 0.2) is 89.7 Å². The molecule has 0 aliphatic carbocycles. The first-order valence-electron chi connectivity index (χ1n) is 9.61. The highest BCUT2D eigenvalue weighted by molar-refractivity contribution is 6.06. The fourth-order valence-corrected chi connectivity index (χ4v) is 3.34. The van der Waals surface area contributed by atoms with Crippen molar-refractivity contribution in [3.05, 3.63) is 122 Å². The number of benzene rings is 3. The predicted octanol–water partition coefficient (Wildman–Crippen LogP) is 4.22. The van der Waals surface area contributed by atoms with Crippen molar-refractivity contribution in [2.45, 2.75) is 6.10 Å². The maximum absolute atomic E-state index is 13.2. The summed E-state index contributed by atoms with van der Waals surface area (Å²) < 4.78 is 5.59. The number of pyridine rings is 1. The Kier molecular flexibility index (Phi) is 5.59. The fourth-order valence-electron chi connectivity index (χ4n) is 3.34. The van der Waals surface area contributed by atoms with E-state index < -0.39 is 28.3 Å². The number of para-hydroxylation sites is 1. The molecule has 158 valence electrons. The van der Waals surface area contributed by atoms with Gasteiger partial charge in [0.15, 0.2) is 6.10 Å². The lowest BCUT2D eigenvalue weighted by atomic mass is 9.99. The van der Waals surface area contributed by atoms with Crippen LogP contribution in [-0.2, 0) is 4.74 Å². The zero-order valence-corrected chi connectivity index (χ0v) is 16.6. The third kappa shape index (κ3) is 4.15. The molecule has 0 aliphatic rings. The second-order valence-electron chi connectivity index (χ2n) is 6.96. The van der Waals surface area contributed by atoms with E-state index in [1.807, 2.05) is 0 Å². The number of nitrogens with zero attached hydrogens (tertiary/aromatic N) is 1. The third-order valence-corrected chi connectivity index (χ3v) is 4.90. The molecule has 0 amide bonds. The number of nitro benzene ring substituents is 1. The van der Waals surface area contributed by atoms with Gasteiger partial charge in [0.1, 0.15) is 0 Å². The number of fused-ring (bicyclic) bond motifs is 1. The highest BCUT2D eigenvalue weighted by Gasteiger charge is 2.28. The van der Waals surface area contributed by atoms with Crippen LogP contribution in [0.2, 0.25) is 0 Å². The van der Waals surface area contributed by atoms with Crippen LogP contribution in [-0.4, -0.2) is 21.7 Å². The van der Waals surface area contributed by atoms with Crippen molar-refractivity contribution < 1.29 is 19.2 Å². The van der Waals surface area contributed by atoms with Crippen molar-refractivity contribution in [3.8, 4) is 0 Å². The quantitative estimate of drug-likeness (QED) is 0.213. The molecule has 1 heterocycles. The number of carbonyl (C=O) groups is 2. The summed E-state index contributed by atoms with van der Waals surface area (Å²) >= 11 is 0. The molecule has 0 unspecified atom stereocenters. The highest BCUT2D eigenvalue weighted by Crippen LogP contribution is 2.27. The first-order valence-corrected chi connectivity index (χ1v) is 9.61. The summed E-state index contributed by atoms with van der Waals surface area (Å²) in [5.41, 5.74) is 0.389. The summed E-state index contributed by atoms with van der Waals surface area (Å²) in [7, 11) is 0. The van der Waals surface area contributed by atoms with Gasteiger partial charge in [-0.05, 0) is 18.2 Å². The molecule has 1 N–H and O–H groups in total. The zero-order valence-electron chi connectivity index (χ0n) is 16.6. The fraction of sp³-hybridized carbons (Fsp3) is 0.0417. The molecule has 1 atom stereocenters. The predicted molar refractivity (Wildman–Crippen MR) is 117 cm³/mol. The molecule has 0 saturated heterocycles. The third-order valence-electron chi connectivity index (χ3n) is 4.90. The van der Waals surface area contributed by atoms with Crippen LogP contribution in [0, 0.1) is 10.1 Å².